The molecule has 5 nitrogen and oxygen atoms in total. The summed E-state index contributed by atoms with van der Waals surface area (Å²) in [4.78, 5) is 23.7. The molecular weight excluding hydrogens is 284 g/mol. The Morgan fingerprint density at radius 2 is 1.77 bits per heavy atom. The highest BCUT2D eigenvalue weighted by Crippen LogP contribution is 2.25. The molecule has 1 N–H and O–H groups in total. The van der Waals surface area contributed by atoms with Gasteiger partial charge in [0.2, 0.25) is 0 Å². The van der Waals surface area contributed by atoms with Crippen LogP contribution in [-0.2, 0) is 0 Å². The quantitative estimate of drug-likeness (QED) is 0.830. The summed E-state index contributed by atoms with van der Waals surface area (Å²) in [5, 5.41) is 9.07. The van der Waals surface area contributed by atoms with E-state index in [0.29, 0.717) is 23.5 Å². The molecule has 0 saturated carbocycles. The monoisotopic (exact) mass is 300 g/mol. The highest BCUT2D eigenvalue weighted by molar-refractivity contribution is 6.11. The van der Waals surface area contributed by atoms with Crippen LogP contribution in [0.2, 0.25) is 0 Å². The van der Waals surface area contributed by atoms with Gasteiger partial charge in [0.1, 0.15) is 17.1 Å². The van der Waals surface area contributed by atoms with Crippen molar-refractivity contribution in [1.29, 1.82) is 0 Å². The van der Waals surface area contributed by atoms with E-state index in [4.69, 9.17) is 14.6 Å². The number of ether oxygens (including phenoxy) is 2. The minimum absolute atomic E-state index is 0.0112. The van der Waals surface area contributed by atoms with Crippen LogP contribution in [0.4, 0.5) is 0 Å². The molecule has 0 bridgehead atoms. The van der Waals surface area contributed by atoms with Gasteiger partial charge in [0.05, 0.1) is 19.3 Å². The van der Waals surface area contributed by atoms with Gasteiger partial charge in [0.15, 0.2) is 5.78 Å². The van der Waals surface area contributed by atoms with Crippen LogP contribution in [0.3, 0.4) is 0 Å². The number of carboxylic acid groups (broad SMARTS) is 1. The largest absolute Gasteiger partial charge is 0.496 e. The summed E-state index contributed by atoms with van der Waals surface area (Å²) in [6.45, 7) is 2.29. The van der Waals surface area contributed by atoms with Gasteiger partial charge in [0, 0.05) is 5.56 Å². The summed E-state index contributed by atoms with van der Waals surface area (Å²) in [5.41, 5.74) is 0.778. The van der Waals surface area contributed by atoms with Gasteiger partial charge in [-0.1, -0.05) is 12.1 Å². The molecule has 2 aromatic carbocycles. The Kier molecular flexibility index (Phi) is 4.78. The molecule has 0 heterocycles. The zero-order valence-electron chi connectivity index (χ0n) is 12.3. The number of rotatable bonds is 6. The van der Waals surface area contributed by atoms with Crippen LogP contribution in [0.25, 0.3) is 0 Å². The van der Waals surface area contributed by atoms with Gasteiger partial charge in [-0.2, -0.15) is 0 Å². The Bertz CT molecular complexity index is 706. The molecule has 0 unspecified atom stereocenters. The number of carbonyl (C=O) groups is 2. The number of para-hydroxylation sites is 1. The van der Waals surface area contributed by atoms with Crippen LogP contribution < -0.4 is 9.47 Å². The molecule has 0 aliphatic heterocycles. The third-order valence-corrected chi connectivity index (χ3v) is 3.13. The second kappa shape index (κ2) is 6.76. The number of carboxylic acids is 1. The predicted molar refractivity (Wildman–Crippen MR) is 81.0 cm³/mol. The zero-order valence-corrected chi connectivity index (χ0v) is 12.3. The maximum Gasteiger partial charge on any atom is 0.339 e. The van der Waals surface area contributed by atoms with E-state index in [1.807, 2.05) is 6.92 Å². The molecule has 0 aliphatic rings. The number of benzene rings is 2. The molecule has 0 aliphatic carbocycles. The van der Waals surface area contributed by atoms with Crippen molar-refractivity contribution in [1.82, 2.24) is 0 Å². The lowest BCUT2D eigenvalue weighted by molar-refractivity contribution is 0.0692. The first-order chi connectivity index (χ1) is 10.6. The summed E-state index contributed by atoms with van der Waals surface area (Å²) in [6.07, 6.45) is 0. The molecule has 0 saturated heterocycles. The average molecular weight is 300 g/mol. The standard InChI is InChI=1S/C17H16O5/c1-3-22-14-7-5-4-6-12(14)16(18)11-8-9-13(17(19)20)15(10-11)21-2/h4-10H,3H2,1-2H3,(H,19,20). The number of methoxy groups -OCH3 is 1. The summed E-state index contributed by atoms with van der Waals surface area (Å²) < 4.78 is 10.5. The molecule has 114 valence electrons. The minimum Gasteiger partial charge on any atom is -0.496 e. The summed E-state index contributed by atoms with van der Waals surface area (Å²) in [5.74, 6) is -0.714. The van der Waals surface area contributed by atoms with E-state index in [1.165, 1.54) is 25.3 Å². The van der Waals surface area contributed by atoms with Crippen LogP contribution in [-0.4, -0.2) is 30.6 Å². The highest BCUT2D eigenvalue weighted by atomic mass is 16.5. The number of hydrogen-bond acceptors (Lipinski definition) is 4. The molecule has 0 amide bonds. The first-order valence-electron chi connectivity index (χ1n) is 6.76. The average Bonchev–Trinajstić information content (AvgIpc) is 2.54. The Hall–Kier alpha value is -2.82. The molecule has 0 atom stereocenters. The van der Waals surface area contributed by atoms with E-state index in [9.17, 15) is 9.59 Å². The van der Waals surface area contributed by atoms with Crippen LogP contribution in [0.5, 0.6) is 11.5 Å². The molecule has 0 fully saturated rings. The molecule has 0 radical (unpaired) electrons. The van der Waals surface area contributed by atoms with Crippen molar-refractivity contribution in [3.05, 3.63) is 59.2 Å². The third-order valence-electron chi connectivity index (χ3n) is 3.13. The van der Waals surface area contributed by atoms with Crippen LogP contribution in [0.15, 0.2) is 42.5 Å². The van der Waals surface area contributed by atoms with Crippen LogP contribution in [0, 0.1) is 0 Å². The van der Waals surface area contributed by atoms with E-state index >= 15 is 0 Å². The zero-order chi connectivity index (χ0) is 16.1. The fourth-order valence-corrected chi connectivity index (χ4v) is 2.10. The van der Waals surface area contributed by atoms with Gasteiger partial charge in [-0.05, 0) is 37.3 Å². The summed E-state index contributed by atoms with van der Waals surface area (Å²) >= 11 is 0. The van der Waals surface area contributed by atoms with Gasteiger partial charge in [0.25, 0.3) is 0 Å². The minimum atomic E-state index is -1.11. The van der Waals surface area contributed by atoms with Gasteiger partial charge in [-0.3, -0.25) is 4.79 Å². The Morgan fingerprint density at radius 3 is 2.41 bits per heavy atom. The van der Waals surface area contributed by atoms with Gasteiger partial charge >= 0.3 is 5.97 Å². The van der Waals surface area contributed by atoms with Gasteiger partial charge in [-0.15, -0.1) is 0 Å². The Balaban J connectivity index is 2.44. The normalized spacial score (nSPS) is 10.1. The Labute approximate surface area is 128 Å². The molecule has 0 spiro atoms. The van der Waals surface area contributed by atoms with E-state index in [-0.39, 0.29) is 17.1 Å². The van der Waals surface area contributed by atoms with Gasteiger partial charge < -0.3 is 14.6 Å². The van der Waals surface area contributed by atoms with Crippen molar-refractivity contribution < 1.29 is 24.2 Å². The molecule has 22 heavy (non-hydrogen) atoms. The fourth-order valence-electron chi connectivity index (χ4n) is 2.10. The van der Waals surface area contributed by atoms with Crippen LogP contribution >= 0.6 is 0 Å². The Morgan fingerprint density at radius 1 is 1.05 bits per heavy atom. The lowest BCUT2D eigenvalue weighted by atomic mass is 10.0. The van der Waals surface area contributed by atoms with Crippen molar-refractivity contribution >= 4 is 11.8 Å². The fraction of sp³-hybridized carbons (Fsp3) is 0.176. The smallest absolute Gasteiger partial charge is 0.339 e. The maximum atomic E-state index is 12.6. The molecule has 2 rings (SSSR count). The van der Waals surface area contributed by atoms with E-state index in [1.54, 1.807) is 24.3 Å². The second-order valence-electron chi connectivity index (χ2n) is 4.48. The van der Waals surface area contributed by atoms with E-state index in [0.717, 1.165) is 0 Å². The van der Waals surface area contributed by atoms with E-state index in [2.05, 4.69) is 0 Å². The summed E-state index contributed by atoms with van der Waals surface area (Å²) in [6, 6.07) is 11.2. The van der Waals surface area contributed by atoms with Crippen molar-refractivity contribution in [2.45, 2.75) is 6.92 Å². The lowest BCUT2D eigenvalue weighted by Crippen LogP contribution is -2.07. The summed E-state index contributed by atoms with van der Waals surface area (Å²) in [7, 11) is 1.37. The van der Waals surface area contributed by atoms with Gasteiger partial charge in [-0.25, -0.2) is 4.79 Å². The highest BCUT2D eigenvalue weighted by Gasteiger charge is 2.18. The number of aromatic carboxylic acids is 1. The third kappa shape index (κ3) is 3.09. The molecule has 0 aromatic heterocycles. The van der Waals surface area contributed by atoms with E-state index < -0.39 is 5.97 Å². The predicted octanol–water partition coefficient (Wildman–Crippen LogP) is 3.02. The lowest BCUT2D eigenvalue weighted by Gasteiger charge is -2.11. The van der Waals surface area contributed by atoms with Crippen molar-refractivity contribution in [2.75, 3.05) is 13.7 Å². The SMILES string of the molecule is CCOc1ccccc1C(=O)c1ccc(C(=O)O)c(OC)c1. The molecular formula is C17H16O5. The first kappa shape index (κ1) is 15.6. The maximum absolute atomic E-state index is 12.6. The number of ketones is 1. The van der Waals surface area contributed by atoms with Crippen molar-refractivity contribution in [2.24, 2.45) is 0 Å². The van der Waals surface area contributed by atoms with Crippen molar-refractivity contribution in [3.8, 4) is 11.5 Å². The van der Waals surface area contributed by atoms with Crippen molar-refractivity contribution in [3.63, 3.8) is 0 Å². The topological polar surface area (TPSA) is 72.8 Å². The van der Waals surface area contributed by atoms with Crippen LogP contribution in [0.1, 0.15) is 33.2 Å². The first-order valence-corrected chi connectivity index (χ1v) is 6.76. The number of carbonyl (C=O) groups excluding carboxylic acids is 1. The molecule has 5 heteroatoms. The number of hydrogen-bond donors (Lipinski definition) is 1. The second-order valence-corrected chi connectivity index (χ2v) is 4.48. The molecule has 2 aromatic rings.